The van der Waals surface area contributed by atoms with E-state index in [1.54, 1.807) is 0 Å². The lowest BCUT2D eigenvalue weighted by Gasteiger charge is -2.05. The summed E-state index contributed by atoms with van der Waals surface area (Å²) in [5.74, 6) is -0.0826. The summed E-state index contributed by atoms with van der Waals surface area (Å²) in [7, 11) is 0. The van der Waals surface area contributed by atoms with Crippen molar-refractivity contribution < 1.29 is 4.79 Å². The Kier molecular flexibility index (Phi) is 4.19. The van der Waals surface area contributed by atoms with Crippen LogP contribution in [0.2, 0.25) is 0 Å². The SMILES string of the molecule is CC(=O)Nc1ccc(SC(C)C#N)cc1. The van der Waals surface area contributed by atoms with Gasteiger partial charge in [0.25, 0.3) is 0 Å². The fourth-order valence-corrected chi connectivity index (χ4v) is 1.80. The molecule has 1 aromatic rings. The van der Waals surface area contributed by atoms with E-state index in [1.807, 2.05) is 31.2 Å². The van der Waals surface area contributed by atoms with Crippen LogP contribution in [0.3, 0.4) is 0 Å². The predicted octanol–water partition coefficient (Wildman–Crippen LogP) is 2.65. The molecule has 1 rings (SSSR count). The van der Waals surface area contributed by atoms with Gasteiger partial charge >= 0.3 is 0 Å². The number of carbonyl (C=O) groups excluding carboxylic acids is 1. The highest BCUT2D eigenvalue weighted by Crippen LogP contribution is 2.24. The summed E-state index contributed by atoms with van der Waals surface area (Å²) >= 11 is 1.50. The smallest absolute Gasteiger partial charge is 0.221 e. The normalized spacial score (nSPS) is 11.5. The molecule has 0 fully saturated rings. The van der Waals surface area contributed by atoms with Crippen LogP contribution >= 0.6 is 11.8 Å². The number of anilines is 1. The molecule has 1 N–H and O–H groups in total. The van der Waals surface area contributed by atoms with Gasteiger partial charge in [-0.1, -0.05) is 0 Å². The number of thioether (sulfide) groups is 1. The zero-order chi connectivity index (χ0) is 11.3. The fourth-order valence-electron chi connectivity index (χ4n) is 1.05. The van der Waals surface area contributed by atoms with E-state index in [2.05, 4.69) is 11.4 Å². The number of carbonyl (C=O) groups is 1. The van der Waals surface area contributed by atoms with Crippen molar-refractivity contribution in [2.24, 2.45) is 0 Å². The van der Waals surface area contributed by atoms with Gasteiger partial charge in [0, 0.05) is 17.5 Å². The van der Waals surface area contributed by atoms with Crippen molar-refractivity contribution in [2.45, 2.75) is 24.0 Å². The minimum atomic E-state index is -0.0826. The van der Waals surface area contributed by atoms with Crippen LogP contribution in [-0.2, 0) is 4.79 Å². The third kappa shape index (κ3) is 4.05. The Morgan fingerprint density at radius 3 is 2.53 bits per heavy atom. The third-order valence-electron chi connectivity index (χ3n) is 1.67. The van der Waals surface area contributed by atoms with Crippen LogP contribution in [0.5, 0.6) is 0 Å². The molecule has 0 heterocycles. The number of hydrogen-bond donors (Lipinski definition) is 1. The Morgan fingerprint density at radius 1 is 1.47 bits per heavy atom. The highest BCUT2D eigenvalue weighted by molar-refractivity contribution is 8.00. The highest BCUT2D eigenvalue weighted by atomic mass is 32.2. The number of amides is 1. The zero-order valence-corrected chi connectivity index (χ0v) is 9.47. The third-order valence-corrected chi connectivity index (χ3v) is 2.67. The number of benzene rings is 1. The van der Waals surface area contributed by atoms with Gasteiger partial charge in [0.05, 0.1) is 11.3 Å². The van der Waals surface area contributed by atoms with E-state index in [4.69, 9.17) is 5.26 Å². The maximum atomic E-state index is 10.8. The minimum Gasteiger partial charge on any atom is -0.326 e. The fraction of sp³-hybridized carbons (Fsp3) is 0.273. The lowest BCUT2D eigenvalue weighted by Crippen LogP contribution is -2.05. The largest absolute Gasteiger partial charge is 0.326 e. The van der Waals surface area contributed by atoms with Gasteiger partial charge in [-0.25, -0.2) is 0 Å². The summed E-state index contributed by atoms with van der Waals surface area (Å²) < 4.78 is 0. The Balaban J connectivity index is 2.65. The van der Waals surface area contributed by atoms with E-state index in [9.17, 15) is 4.79 Å². The van der Waals surface area contributed by atoms with E-state index in [0.717, 1.165) is 10.6 Å². The molecular formula is C11H12N2OS. The van der Waals surface area contributed by atoms with Crippen molar-refractivity contribution in [2.75, 3.05) is 5.32 Å². The standard InChI is InChI=1S/C11H12N2OS/c1-8(7-12)15-11-5-3-10(4-6-11)13-9(2)14/h3-6,8H,1-2H3,(H,13,14). The van der Waals surface area contributed by atoms with Crippen LogP contribution < -0.4 is 5.32 Å². The molecule has 1 atom stereocenters. The molecule has 1 aromatic carbocycles. The summed E-state index contributed by atoms with van der Waals surface area (Å²) in [4.78, 5) is 11.8. The average Bonchev–Trinajstić information content (AvgIpc) is 2.20. The van der Waals surface area contributed by atoms with Crippen LogP contribution in [0.4, 0.5) is 5.69 Å². The summed E-state index contributed by atoms with van der Waals surface area (Å²) in [6.07, 6.45) is 0. The van der Waals surface area contributed by atoms with Crippen molar-refractivity contribution in [3.8, 4) is 6.07 Å². The van der Waals surface area contributed by atoms with Crippen molar-refractivity contribution >= 4 is 23.4 Å². The summed E-state index contributed by atoms with van der Waals surface area (Å²) in [5.41, 5.74) is 0.775. The predicted molar refractivity (Wildman–Crippen MR) is 61.7 cm³/mol. The molecule has 0 aromatic heterocycles. The van der Waals surface area contributed by atoms with E-state index in [-0.39, 0.29) is 11.2 Å². The molecule has 3 nitrogen and oxygen atoms in total. The zero-order valence-electron chi connectivity index (χ0n) is 8.65. The van der Waals surface area contributed by atoms with Crippen LogP contribution in [-0.4, -0.2) is 11.2 Å². The molecular weight excluding hydrogens is 208 g/mol. The molecule has 1 unspecified atom stereocenters. The van der Waals surface area contributed by atoms with E-state index in [0.29, 0.717) is 0 Å². The Morgan fingerprint density at radius 2 is 2.07 bits per heavy atom. The first kappa shape index (κ1) is 11.6. The van der Waals surface area contributed by atoms with Crippen LogP contribution in [0.15, 0.2) is 29.2 Å². The van der Waals surface area contributed by atoms with Crippen LogP contribution in [0.1, 0.15) is 13.8 Å². The van der Waals surface area contributed by atoms with Gasteiger partial charge in [0.2, 0.25) is 5.91 Å². The maximum Gasteiger partial charge on any atom is 0.221 e. The quantitative estimate of drug-likeness (QED) is 0.797. The number of hydrogen-bond acceptors (Lipinski definition) is 3. The molecule has 4 heteroatoms. The number of nitrogens with one attached hydrogen (secondary N) is 1. The second-order valence-electron chi connectivity index (χ2n) is 3.09. The number of nitriles is 1. The molecule has 0 spiro atoms. The lowest BCUT2D eigenvalue weighted by molar-refractivity contribution is -0.114. The van der Waals surface area contributed by atoms with Crippen LogP contribution in [0, 0.1) is 11.3 Å². The van der Waals surface area contributed by atoms with Gasteiger partial charge in [-0.2, -0.15) is 5.26 Å². The molecule has 0 aliphatic carbocycles. The second-order valence-corrected chi connectivity index (χ2v) is 4.51. The summed E-state index contributed by atoms with van der Waals surface area (Å²) in [5, 5.41) is 11.3. The van der Waals surface area contributed by atoms with Gasteiger partial charge in [0.15, 0.2) is 0 Å². The molecule has 1 amide bonds. The van der Waals surface area contributed by atoms with Crippen LogP contribution in [0.25, 0.3) is 0 Å². The molecule has 15 heavy (non-hydrogen) atoms. The topological polar surface area (TPSA) is 52.9 Å². The Bertz CT molecular complexity index is 381. The second kappa shape index (κ2) is 5.42. The molecule has 0 aliphatic heterocycles. The molecule has 0 radical (unpaired) electrons. The molecule has 78 valence electrons. The average molecular weight is 220 g/mol. The number of rotatable bonds is 3. The van der Waals surface area contributed by atoms with Gasteiger partial charge < -0.3 is 5.32 Å². The van der Waals surface area contributed by atoms with Gasteiger partial charge in [-0.3, -0.25) is 4.79 Å². The lowest BCUT2D eigenvalue weighted by atomic mass is 10.3. The molecule has 0 bridgehead atoms. The van der Waals surface area contributed by atoms with Crippen molar-refractivity contribution in [1.29, 1.82) is 5.26 Å². The first-order chi connectivity index (χ1) is 7.11. The Hall–Kier alpha value is -1.47. The van der Waals surface area contributed by atoms with Crippen molar-refractivity contribution in [3.05, 3.63) is 24.3 Å². The monoisotopic (exact) mass is 220 g/mol. The molecule has 0 saturated heterocycles. The van der Waals surface area contributed by atoms with Gasteiger partial charge in [0.1, 0.15) is 0 Å². The summed E-state index contributed by atoms with van der Waals surface area (Å²) in [6.45, 7) is 3.33. The van der Waals surface area contributed by atoms with Gasteiger partial charge in [-0.05, 0) is 31.2 Å². The first-order valence-electron chi connectivity index (χ1n) is 4.55. The number of nitrogens with zero attached hydrogens (tertiary/aromatic N) is 1. The van der Waals surface area contributed by atoms with Crippen molar-refractivity contribution in [1.82, 2.24) is 0 Å². The van der Waals surface area contributed by atoms with E-state index < -0.39 is 0 Å². The minimum absolute atomic E-state index is 0.0587. The van der Waals surface area contributed by atoms with Gasteiger partial charge in [-0.15, -0.1) is 11.8 Å². The Labute approximate surface area is 93.5 Å². The first-order valence-corrected chi connectivity index (χ1v) is 5.43. The molecule has 0 saturated carbocycles. The maximum absolute atomic E-state index is 10.8. The van der Waals surface area contributed by atoms with E-state index >= 15 is 0 Å². The summed E-state index contributed by atoms with van der Waals surface area (Å²) in [6, 6.07) is 9.59. The van der Waals surface area contributed by atoms with Crippen molar-refractivity contribution in [3.63, 3.8) is 0 Å². The molecule has 0 aliphatic rings. The highest BCUT2D eigenvalue weighted by Gasteiger charge is 2.02. The van der Waals surface area contributed by atoms with E-state index in [1.165, 1.54) is 18.7 Å².